The second-order valence-corrected chi connectivity index (χ2v) is 5.68. The van der Waals surface area contributed by atoms with Gasteiger partial charge in [0.2, 0.25) is 5.91 Å². The number of amides is 1. The van der Waals surface area contributed by atoms with Gasteiger partial charge in [-0.25, -0.2) is 4.68 Å². The lowest BCUT2D eigenvalue weighted by Crippen LogP contribution is -2.43. The van der Waals surface area contributed by atoms with Crippen LogP contribution in [-0.2, 0) is 16.1 Å². The number of piperidine rings is 1. The lowest BCUT2D eigenvalue weighted by molar-refractivity contribution is -0.145. The number of aromatic nitrogens is 3. The molecule has 1 atom stereocenters. The van der Waals surface area contributed by atoms with Crippen molar-refractivity contribution < 1.29 is 14.7 Å². The standard InChI is InChI=1S/C16H18N4O3/c21-15(19-8-4-7-13(9-19)16(22)23)11-20-10-14(17-18-20)12-5-2-1-3-6-12/h1-3,5-6,10,13H,4,7-9,11H2,(H,22,23). The second-order valence-electron chi connectivity index (χ2n) is 5.68. The first-order valence-electron chi connectivity index (χ1n) is 7.59. The number of carbonyl (C=O) groups excluding carboxylic acids is 1. The van der Waals surface area contributed by atoms with Gasteiger partial charge in [0, 0.05) is 18.7 Å². The Balaban J connectivity index is 1.64. The van der Waals surface area contributed by atoms with Crippen LogP contribution in [0.3, 0.4) is 0 Å². The van der Waals surface area contributed by atoms with Gasteiger partial charge < -0.3 is 10.0 Å². The van der Waals surface area contributed by atoms with Gasteiger partial charge in [-0.05, 0) is 12.8 Å². The second kappa shape index (κ2) is 6.60. The van der Waals surface area contributed by atoms with Gasteiger partial charge in [0.1, 0.15) is 12.2 Å². The summed E-state index contributed by atoms with van der Waals surface area (Å²) in [5, 5.41) is 17.2. The van der Waals surface area contributed by atoms with Crippen molar-refractivity contribution in [3.8, 4) is 11.3 Å². The first-order chi connectivity index (χ1) is 11.1. The van der Waals surface area contributed by atoms with Gasteiger partial charge in [-0.1, -0.05) is 35.5 Å². The van der Waals surface area contributed by atoms with Crippen molar-refractivity contribution in [3.63, 3.8) is 0 Å². The molecule has 0 spiro atoms. The molecule has 1 N–H and O–H groups in total. The third kappa shape index (κ3) is 3.56. The summed E-state index contributed by atoms with van der Waals surface area (Å²) in [5.74, 6) is -1.43. The Bertz CT molecular complexity index is 698. The maximum Gasteiger partial charge on any atom is 0.308 e. The number of benzene rings is 1. The third-order valence-corrected chi connectivity index (χ3v) is 4.03. The highest BCUT2D eigenvalue weighted by atomic mass is 16.4. The molecule has 0 aliphatic carbocycles. The summed E-state index contributed by atoms with van der Waals surface area (Å²) in [6, 6.07) is 9.61. The van der Waals surface area contributed by atoms with E-state index in [0.29, 0.717) is 18.7 Å². The van der Waals surface area contributed by atoms with E-state index in [1.54, 1.807) is 11.1 Å². The van der Waals surface area contributed by atoms with Crippen LogP contribution in [-0.4, -0.2) is 50.0 Å². The molecule has 1 fully saturated rings. The van der Waals surface area contributed by atoms with Crippen LogP contribution in [0.1, 0.15) is 12.8 Å². The SMILES string of the molecule is O=C(O)C1CCCN(C(=O)Cn2cc(-c3ccccc3)nn2)C1. The lowest BCUT2D eigenvalue weighted by atomic mass is 9.98. The van der Waals surface area contributed by atoms with E-state index in [0.717, 1.165) is 12.0 Å². The van der Waals surface area contributed by atoms with Crippen LogP contribution in [0.5, 0.6) is 0 Å². The Kier molecular flexibility index (Phi) is 4.36. The van der Waals surface area contributed by atoms with Crippen molar-refractivity contribution in [3.05, 3.63) is 36.5 Å². The molecule has 2 heterocycles. The van der Waals surface area contributed by atoms with Gasteiger partial charge in [-0.3, -0.25) is 9.59 Å². The molecule has 23 heavy (non-hydrogen) atoms. The molecule has 1 unspecified atom stereocenters. The number of likely N-dealkylation sites (tertiary alicyclic amines) is 1. The molecule has 0 radical (unpaired) electrons. The largest absolute Gasteiger partial charge is 0.481 e. The summed E-state index contributed by atoms with van der Waals surface area (Å²) < 4.78 is 1.50. The van der Waals surface area contributed by atoms with E-state index in [-0.39, 0.29) is 19.0 Å². The van der Waals surface area contributed by atoms with E-state index in [2.05, 4.69) is 10.3 Å². The lowest BCUT2D eigenvalue weighted by Gasteiger charge is -2.30. The number of carboxylic acid groups (broad SMARTS) is 1. The fraction of sp³-hybridized carbons (Fsp3) is 0.375. The Hall–Kier alpha value is -2.70. The quantitative estimate of drug-likeness (QED) is 0.918. The van der Waals surface area contributed by atoms with Gasteiger partial charge in [0.25, 0.3) is 0 Å². The number of hydrogen-bond donors (Lipinski definition) is 1. The molecule has 3 rings (SSSR count). The van der Waals surface area contributed by atoms with Crippen molar-refractivity contribution in [2.24, 2.45) is 5.92 Å². The highest BCUT2D eigenvalue weighted by Crippen LogP contribution is 2.18. The maximum atomic E-state index is 12.3. The number of aliphatic carboxylic acids is 1. The fourth-order valence-electron chi connectivity index (χ4n) is 2.76. The average Bonchev–Trinajstić information content (AvgIpc) is 3.04. The van der Waals surface area contributed by atoms with E-state index >= 15 is 0 Å². The zero-order chi connectivity index (χ0) is 16.2. The van der Waals surface area contributed by atoms with E-state index in [9.17, 15) is 9.59 Å². The molecule has 1 amide bonds. The first kappa shape index (κ1) is 15.2. The number of hydrogen-bond acceptors (Lipinski definition) is 4. The normalized spacial score (nSPS) is 17.9. The Morgan fingerprint density at radius 3 is 2.78 bits per heavy atom. The molecule has 2 aromatic rings. The predicted molar refractivity (Wildman–Crippen MR) is 82.4 cm³/mol. The van der Waals surface area contributed by atoms with Crippen LogP contribution in [0.15, 0.2) is 36.5 Å². The molecule has 1 saturated heterocycles. The van der Waals surface area contributed by atoms with Gasteiger partial charge >= 0.3 is 5.97 Å². The molecule has 120 valence electrons. The highest BCUT2D eigenvalue weighted by molar-refractivity contribution is 5.78. The van der Waals surface area contributed by atoms with Crippen molar-refractivity contribution in [1.82, 2.24) is 19.9 Å². The van der Waals surface area contributed by atoms with Crippen molar-refractivity contribution >= 4 is 11.9 Å². The minimum atomic E-state index is -0.838. The monoisotopic (exact) mass is 314 g/mol. The minimum Gasteiger partial charge on any atom is -0.481 e. The smallest absolute Gasteiger partial charge is 0.308 e. The molecular weight excluding hydrogens is 296 g/mol. The van der Waals surface area contributed by atoms with Gasteiger partial charge in [0.05, 0.1) is 12.1 Å². The number of rotatable bonds is 4. The number of nitrogens with zero attached hydrogens (tertiary/aromatic N) is 4. The van der Waals surface area contributed by atoms with Crippen LogP contribution < -0.4 is 0 Å². The predicted octanol–water partition coefficient (Wildman–Crippen LogP) is 1.27. The Morgan fingerprint density at radius 2 is 2.04 bits per heavy atom. The van der Waals surface area contributed by atoms with Crippen molar-refractivity contribution in [2.45, 2.75) is 19.4 Å². The third-order valence-electron chi connectivity index (χ3n) is 4.03. The Morgan fingerprint density at radius 1 is 1.26 bits per heavy atom. The van der Waals surface area contributed by atoms with Crippen LogP contribution in [0.2, 0.25) is 0 Å². The zero-order valence-corrected chi connectivity index (χ0v) is 12.6. The topological polar surface area (TPSA) is 88.3 Å². The van der Waals surface area contributed by atoms with Crippen molar-refractivity contribution in [2.75, 3.05) is 13.1 Å². The minimum absolute atomic E-state index is 0.0756. The fourth-order valence-corrected chi connectivity index (χ4v) is 2.76. The van der Waals surface area contributed by atoms with Gasteiger partial charge in [0.15, 0.2) is 0 Å². The molecule has 7 heteroatoms. The highest BCUT2D eigenvalue weighted by Gasteiger charge is 2.28. The summed E-state index contributed by atoms with van der Waals surface area (Å²) >= 11 is 0. The number of carbonyl (C=O) groups is 2. The van der Waals surface area contributed by atoms with E-state index in [1.165, 1.54) is 4.68 Å². The van der Waals surface area contributed by atoms with Gasteiger partial charge in [-0.2, -0.15) is 0 Å². The summed E-state index contributed by atoms with van der Waals surface area (Å²) in [7, 11) is 0. The average molecular weight is 314 g/mol. The molecule has 1 aromatic heterocycles. The van der Waals surface area contributed by atoms with Crippen LogP contribution >= 0.6 is 0 Å². The molecule has 0 saturated carbocycles. The Labute approximate surface area is 133 Å². The van der Waals surface area contributed by atoms with Crippen LogP contribution in [0, 0.1) is 5.92 Å². The van der Waals surface area contributed by atoms with Crippen LogP contribution in [0.4, 0.5) is 0 Å². The summed E-state index contributed by atoms with van der Waals surface area (Å²) in [6.45, 7) is 0.948. The number of carboxylic acids is 1. The molecule has 1 aromatic carbocycles. The first-order valence-corrected chi connectivity index (χ1v) is 7.59. The zero-order valence-electron chi connectivity index (χ0n) is 12.6. The molecule has 7 nitrogen and oxygen atoms in total. The van der Waals surface area contributed by atoms with Crippen LogP contribution in [0.25, 0.3) is 11.3 Å². The molecule has 0 bridgehead atoms. The van der Waals surface area contributed by atoms with Crippen molar-refractivity contribution in [1.29, 1.82) is 0 Å². The summed E-state index contributed by atoms with van der Waals surface area (Å²) in [5.41, 5.74) is 1.65. The molecule has 1 aliphatic heterocycles. The molecular formula is C16H18N4O3. The van der Waals surface area contributed by atoms with Gasteiger partial charge in [-0.15, -0.1) is 5.10 Å². The summed E-state index contributed by atoms with van der Waals surface area (Å²) in [6.07, 6.45) is 3.07. The maximum absolute atomic E-state index is 12.3. The molecule has 1 aliphatic rings. The van der Waals surface area contributed by atoms with E-state index < -0.39 is 11.9 Å². The van der Waals surface area contributed by atoms with E-state index in [4.69, 9.17) is 5.11 Å². The summed E-state index contributed by atoms with van der Waals surface area (Å²) in [4.78, 5) is 25.0. The van der Waals surface area contributed by atoms with E-state index in [1.807, 2.05) is 30.3 Å².